The van der Waals surface area contributed by atoms with Gasteiger partial charge >= 0.3 is 10.1 Å². The maximum absolute atomic E-state index is 12.9. The molecule has 13 nitrogen and oxygen atoms in total. The average molecular weight is 601 g/mol. The third-order valence-corrected chi connectivity index (χ3v) is 6.74. The zero-order valence-corrected chi connectivity index (χ0v) is 23.2. The number of nitrogens with one attached hydrogen (secondary N) is 2. The Hall–Kier alpha value is -5.13. The largest absolute Gasteiger partial charge is 0.494 e. The van der Waals surface area contributed by atoms with Gasteiger partial charge in [-0.3, -0.25) is 19.7 Å². The van der Waals surface area contributed by atoms with E-state index < -0.39 is 20.9 Å². The molecule has 41 heavy (non-hydrogen) atoms. The molecule has 0 spiro atoms. The predicted molar refractivity (Wildman–Crippen MR) is 148 cm³/mol. The summed E-state index contributed by atoms with van der Waals surface area (Å²) in [6.07, 6.45) is 1.17. The quantitative estimate of drug-likeness (QED) is 0.110. The molecule has 0 aliphatic heterocycles. The summed E-state index contributed by atoms with van der Waals surface area (Å²) < 4.78 is 41.3. The van der Waals surface area contributed by atoms with Crippen molar-refractivity contribution in [3.63, 3.8) is 0 Å². The van der Waals surface area contributed by atoms with Crippen molar-refractivity contribution in [1.82, 2.24) is 0 Å². The number of rotatable bonds is 10. The minimum Gasteiger partial charge on any atom is -0.494 e. The number of carbonyl (C=O) groups is 2. The average Bonchev–Trinajstić information content (AvgIpc) is 2.92. The van der Waals surface area contributed by atoms with Crippen LogP contribution in [0.4, 0.5) is 17.1 Å². The fourth-order valence-corrected chi connectivity index (χ4v) is 4.63. The van der Waals surface area contributed by atoms with Gasteiger partial charge in [0.05, 0.1) is 35.9 Å². The van der Waals surface area contributed by atoms with Crippen molar-refractivity contribution in [2.24, 2.45) is 0 Å². The van der Waals surface area contributed by atoms with Crippen molar-refractivity contribution in [2.45, 2.75) is 11.8 Å². The van der Waals surface area contributed by atoms with E-state index in [1.54, 1.807) is 6.07 Å². The van der Waals surface area contributed by atoms with E-state index in [9.17, 15) is 33.4 Å². The summed E-state index contributed by atoms with van der Waals surface area (Å²) in [6, 6.07) is 13.0. The Morgan fingerprint density at radius 1 is 1.02 bits per heavy atom. The normalized spacial score (nSPS) is 11.1. The second-order valence-electron chi connectivity index (χ2n) is 8.04. The Balaban J connectivity index is 1.88. The van der Waals surface area contributed by atoms with Crippen LogP contribution in [0.2, 0.25) is 5.02 Å². The second-order valence-corrected chi connectivity index (χ2v) is 10.00. The van der Waals surface area contributed by atoms with Gasteiger partial charge in [-0.25, -0.2) is 0 Å². The zero-order valence-electron chi connectivity index (χ0n) is 21.6. The van der Waals surface area contributed by atoms with E-state index in [4.69, 9.17) is 25.3 Å². The first-order chi connectivity index (χ1) is 19.4. The molecule has 2 N–H and O–H groups in total. The van der Waals surface area contributed by atoms with Gasteiger partial charge < -0.3 is 24.3 Å². The van der Waals surface area contributed by atoms with Crippen LogP contribution in [0.15, 0.2) is 65.1 Å². The molecule has 0 fully saturated rings. The number of hydrogen-bond donors (Lipinski definition) is 2. The highest BCUT2D eigenvalue weighted by Gasteiger charge is 2.23. The Bertz CT molecular complexity index is 1700. The fraction of sp³-hybridized carbons (Fsp3) is 0.115. The number of amides is 2. The van der Waals surface area contributed by atoms with Crippen LogP contribution >= 0.6 is 11.6 Å². The molecule has 0 unspecified atom stereocenters. The summed E-state index contributed by atoms with van der Waals surface area (Å²) in [5, 5.41) is 25.3. The van der Waals surface area contributed by atoms with Gasteiger partial charge in [-0.1, -0.05) is 11.6 Å². The molecule has 0 saturated carbocycles. The Kier molecular flexibility index (Phi) is 9.51. The van der Waals surface area contributed by atoms with Crippen molar-refractivity contribution >= 4 is 56.7 Å². The van der Waals surface area contributed by atoms with Crippen LogP contribution in [0.1, 0.15) is 12.5 Å². The highest BCUT2D eigenvalue weighted by atomic mass is 35.5. The number of carbonyl (C=O) groups excluding carboxylic acids is 2. The van der Waals surface area contributed by atoms with Crippen molar-refractivity contribution in [3.8, 4) is 23.3 Å². The first-order valence-electron chi connectivity index (χ1n) is 11.3. The first kappa shape index (κ1) is 30.4. The molecule has 0 aromatic heterocycles. The molecule has 0 radical (unpaired) electrons. The van der Waals surface area contributed by atoms with Crippen molar-refractivity contribution < 1.29 is 36.6 Å². The van der Waals surface area contributed by atoms with Gasteiger partial charge in [-0.15, -0.1) is 0 Å². The Labute approximate surface area is 239 Å². The first-order valence-corrected chi connectivity index (χ1v) is 13.1. The van der Waals surface area contributed by atoms with E-state index >= 15 is 0 Å². The lowest BCUT2D eigenvalue weighted by Crippen LogP contribution is -2.14. The van der Waals surface area contributed by atoms with Gasteiger partial charge in [0.15, 0.2) is 5.75 Å². The summed E-state index contributed by atoms with van der Waals surface area (Å²) in [5.41, 5.74) is 0.0122. The van der Waals surface area contributed by atoms with E-state index in [1.807, 2.05) is 0 Å². The summed E-state index contributed by atoms with van der Waals surface area (Å²) in [7, 11) is -1.89. The Morgan fingerprint density at radius 2 is 1.68 bits per heavy atom. The maximum Gasteiger partial charge on any atom is 0.339 e. The summed E-state index contributed by atoms with van der Waals surface area (Å²) in [5.74, 6) is -1.64. The molecule has 2 amide bonds. The third-order valence-electron chi connectivity index (χ3n) is 5.23. The van der Waals surface area contributed by atoms with E-state index in [-0.39, 0.29) is 55.6 Å². The summed E-state index contributed by atoms with van der Waals surface area (Å²) in [6.45, 7) is 1.31. The number of benzene rings is 3. The number of nitro groups is 1. The van der Waals surface area contributed by atoms with E-state index in [1.165, 1.54) is 69.7 Å². The monoisotopic (exact) mass is 600 g/mol. The van der Waals surface area contributed by atoms with Gasteiger partial charge in [0.25, 0.3) is 11.6 Å². The number of hydrogen-bond acceptors (Lipinski definition) is 10. The lowest BCUT2D eigenvalue weighted by Gasteiger charge is -2.14. The van der Waals surface area contributed by atoms with Crippen LogP contribution in [0.25, 0.3) is 6.08 Å². The van der Waals surface area contributed by atoms with E-state index in [0.717, 1.165) is 12.1 Å². The van der Waals surface area contributed by atoms with Crippen LogP contribution in [0, 0.1) is 21.4 Å². The molecular weight excluding hydrogens is 580 g/mol. The number of nitro benzene ring substituents is 1. The number of halogens is 1. The molecule has 0 aliphatic rings. The molecule has 0 atom stereocenters. The van der Waals surface area contributed by atoms with E-state index in [0.29, 0.717) is 5.69 Å². The molecule has 3 rings (SSSR count). The molecule has 3 aromatic rings. The number of methoxy groups -OCH3 is 2. The van der Waals surface area contributed by atoms with Gasteiger partial charge in [0.1, 0.15) is 22.3 Å². The molecule has 0 heterocycles. The minimum absolute atomic E-state index is 0.00187. The second kappa shape index (κ2) is 12.8. The van der Waals surface area contributed by atoms with Crippen LogP contribution in [0.3, 0.4) is 0 Å². The Morgan fingerprint density at radius 3 is 2.24 bits per heavy atom. The highest BCUT2D eigenvalue weighted by Crippen LogP contribution is 2.39. The molecular formula is C26H21ClN4O9S. The highest BCUT2D eigenvalue weighted by molar-refractivity contribution is 7.87. The van der Waals surface area contributed by atoms with Crippen LogP contribution in [0.5, 0.6) is 17.2 Å². The van der Waals surface area contributed by atoms with Crippen LogP contribution in [-0.2, 0) is 19.7 Å². The molecule has 212 valence electrons. The SMILES string of the molecule is COc1cc([N+](=O)[O-])ccc1NC(=O)/C(C#N)=C/c1cc(Cl)c(OS(=O)(=O)c2ccc(NC(C)=O)cc2)c(OC)c1. The molecule has 0 aliphatic carbocycles. The van der Waals surface area contributed by atoms with Crippen molar-refractivity contribution in [3.05, 3.63) is 80.9 Å². The van der Waals surface area contributed by atoms with Gasteiger partial charge in [-0.2, -0.15) is 13.7 Å². The van der Waals surface area contributed by atoms with Crippen LogP contribution < -0.4 is 24.3 Å². The predicted octanol–water partition coefficient (Wildman–Crippen LogP) is 4.54. The molecule has 3 aromatic carbocycles. The fourth-order valence-electron chi connectivity index (χ4n) is 3.37. The molecule has 15 heteroatoms. The third kappa shape index (κ3) is 7.50. The molecule has 0 saturated heterocycles. The standard InChI is InChI=1S/C26H21ClN4O9S/c1-15(32)29-18-4-7-20(8-5-18)41(36,37)40-25-21(27)11-16(12-24(25)39-3)10-17(14-28)26(33)30-22-9-6-19(31(34)35)13-23(22)38-2/h4-13H,1-3H3,(H,29,32)(H,30,33)/b17-10+. The topological polar surface area (TPSA) is 187 Å². The number of non-ortho nitro benzene ring substituents is 1. The van der Waals surface area contributed by atoms with Crippen molar-refractivity contribution in [2.75, 3.05) is 24.9 Å². The maximum atomic E-state index is 12.9. The molecule has 0 bridgehead atoms. The number of anilines is 2. The van der Waals surface area contributed by atoms with Crippen LogP contribution in [-0.4, -0.2) is 39.4 Å². The minimum atomic E-state index is -4.38. The number of ether oxygens (including phenoxy) is 2. The lowest BCUT2D eigenvalue weighted by molar-refractivity contribution is -0.384. The van der Waals surface area contributed by atoms with Gasteiger partial charge in [-0.05, 0) is 54.1 Å². The summed E-state index contributed by atoms with van der Waals surface area (Å²) >= 11 is 6.30. The van der Waals surface area contributed by atoms with Gasteiger partial charge in [0, 0.05) is 18.7 Å². The number of nitrogens with zero attached hydrogens (tertiary/aromatic N) is 2. The summed E-state index contributed by atoms with van der Waals surface area (Å²) in [4.78, 5) is 34.1. The van der Waals surface area contributed by atoms with E-state index in [2.05, 4.69) is 10.6 Å². The van der Waals surface area contributed by atoms with Crippen molar-refractivity contribution in [1.29, 1.82) is 5.26 Å². The zero-order chi connectivity index (χ0) is 30.3. The smallest absolute Gasteiger partial charge is 0.339 e. The van der Waals surface area contributed by atoms with Gasteiger partial charge in [0.2, 0.25) is 11.7 Å². The lowest BCUT2D eigenvalue weighted by atomic mass is 10.1. The number of nitriles is 1.